The van der Waals surface area contributed by atoms with Crippen LogP contribution in [-0.4, -0.2) is 27.4 Å². The summed E-state index contributed by atoms with van der Waals surface area (Å²) in [5.41, 5.74) is 3.02. The lowest BCUT2D eigenvalue weighted by atomic mass is 10.2. The molecule has 0 bridgehead atoms. The Hall–Kier alpha value is -2.14. The third-order valence-corrected chi connectivity index (χ3v) is 2.58. The zero-order chi connectivity index (χ0) is 13.1. The number of aryl methyl sites for hydroxylation is 2. The second-order valence-corrected chi connectivity index (χ2v) is 4.12. The van der Waals surface area contributed by atoms with Crippen LogP contribution >= 0.6 is 0 Å². The van der Waals surface area contributed by atoms with Gasteiger partial charge in [0.25, 0.3) is 5.91 Å². The first-order valence-corrected chi connectivity index (χ1v) is 5.64. The van der Waals surface area contributed by atoms with Gasteiger partial charge in [-0.25, -0.2) is 4.68 Å². The Morgan fingerprint density at radius 2 is 2.00 bits per heavy atom. The minimum absolute atomic E-state index is 0.437. The van der Waals surface area contributed by atoms with E-state index in [2.05, 4.69) is 10.4 Å². The molecule has 1 aromatic heterocycles. The molecule has 0 radical (unpaired) electrons. The zero-order valence-corrected chi connectivity index (χ0v) is 10.3. The number of aliphatic hydroxyl groups is 1. The highest BCUT2D eigenvalue weighted by atomic mass is 16.3. The van der Waals surface area contributed by atoms with E-state index in [-0.39, 0.29) is 0 Å². The SMILES string of the molecule is Cc1ccc(-n2nc(NC(=O)CO)cc2C)cc1. The van der Waals surface area contributed by atoms with Gasteiger partial charge < -0.3 is 10.4 Å². The van der Waals surface area contributed by atoms with Crippen molar-refractivity contribution in [2.45, 2.75) is 13.8 Å². The van der Waals surface area contributed by atoms with Crippen molar-refractivity contribution in [2.75, 3.05) is 11.9 Å². The van der Waals surface area contributed by atoms with Crippen LogP contribution in [0.5, 0.6) is 0 Å². The van der Waals surface area contributed by atoms with Crippen molar-refractivity contribution in [3.63, 3.8) is 0 Å². The molecule has 1 heterocycles. The fourth-order valence-corrected chi connectivity index (χ4v) is 1.67. The summed E-state index contributed by atoms with van der Waals surface area (Å²) in [5.74, 6) is -0.0318. The lowest BCUT2D eigenvalue weighted by Gasteiger charge is -2.04. The van der Waals surface area contributed by atoms with Crippen molar-refractivity contribution < 1.29 is 9.90 Å². The van der Waals surface area contributed by atoms with Crippen LogP contribution in [0.25, 0.3) is 5.69 Å². The summed E-state index contributed by atoms with van der Waals surface area (Å²) < 4.78 is 1.74. The molecule has 0 atom stereocenters. The van der Waals surface area contributed by atoms with E-state index in [0.29, 0.717) is 5.82 Å². The number of hydrogen-bond acceptors (Lipinski definition) is 3. The molecule has 0 spiro atoms. The Balaban J connectivity index is 2.29. The number of carbonyl (C=O) groups is 1. The highest BCUT2D eigenvalue weighted by molar-refractivity contribution is 5.90. The van der Waals surface area contributed by atoms with E-state index in [9.17, 15) is 4.79 Å². The molecule has 2 N–H and O–H groups in total. The molecular formula is C13H15N3O2. The van der Waals surface area contributed by atoms with Crippen LogP contribution in [0.2, 0.25) is 0 Å². The van der Waals surface area contributed by atoms with E-state index >= 15 is 0 Å². The first-order valence-electron chi connectivity index (χ1n) is 5.64. The van der Waals surface area contributed by atoms with Gasteiger partial charge in [-0.2, -0.15) is 0 Å². The molecule has 5 heteroatoms. The second kappa shape index (κ2) is 5.01. The molecule has 2 aromatic rings. The monoisotopic (exact) mass is 245 g/mol. The van der Waals surface area contributed by atoms with Gasteiger partial charge in [-0.3, -0.25) is 4.79 Å². The molecule has 5 nitrogen and oxygen atoms in total. The van der Waals surface area contributed by atoms with Crippen molar-refractivity contribution in [2.24, 2.45) is 0 Å². The number of aromatic nitrogens is 2. The smallest absolute Gasteiger partial charge is 0.251 e. The summed E-state index contributed by atoms with van der Waals surface area (Å²) in [6.45, 7) is 3.38. The summed E-state index contributed by atoms with van der Waals surface area (Å²) in [6.07, 6.45) is 0. The van der Waals surface area contributed by atoms with Crippen molar-refractivity contribution in [1.82, 2.24) is 9.78 Å². The molecule has 0 fully saturated rings. The number of anilines is 1. The van der Waals surface area contributed by atoms with E-state index in [1.165, 1.54) is 5.56 Å². The van der Waals surface area contributed by atoms with E-state index in [1.807, 2.05) is 38.1 Å². The van der Waals surface area contributed by atoms with Crippen LogP contribution < -0.4 is 5.32 Å². The van der Waals surface area contributed by atoms with Gasteiger partial charge in [-0.1, -0.05) is 17.7 Å². The van der Waals surface area contributed by atoms with Crippen molar-refractivity contribution in [1.29, 1.82) is 0 Å². The minimum atomic E-state index is -0.545. The van der Waals surface area contributed by atoms with E-state index in [0.717, 1.165) is 11.4 Å². The number of carbonyl (C=O) groups excluding carboxylic acids is 1. The average molecular weight is 245 g/mol. The Bertz CT molecular complexity index is 558. The van der Waals surface area contributed by atoms with Gasteiger partial charge >= 0.3 is 0 Å². The van der Waals surface area contributed by atoms with E-state index < -0.39 is 12.5 Å². The molecule has 0 aliphatic carbocycles. The third-order valence-electron chi connectivity index (χ3n) is 2.58. The fraction of sp³-hybridized carbons (Fsp3) is 0.231. The molecule has 0 unspecified atom stereocenters. The lowest BCUT2D eigenvalue weighted by Crippen LogP contribution is -2.15. The number of nitrogens with one attached hydrogen (secondary N) is 1. The minimum Gasteiger partial charge on any atom is -0.387 e. The van der Waals surface area contributed by atoms with E-state index in [4.69, 9.17) is 5.11 Å². The van der Waals surface area contributed by atoms with Crippen LogP contribution in [-0.2, 0) is 4.79 Å². The van der Waals surface area contributed by atoms with Gasteiger partial charge in [0.1, 0.15) is 6.61 Å². The van der Waals surface area contributed by atoms with Crippen LogP contribution in [0.3, 0.4) is 0 Å². The highest BCUT2D eigenvalue weighted by Gasteiger charge is 2.08. The Labute approximate surface area is 105 Å². The molecule has 0 aliphatic rings. The molecule has 1 amide bonds. The normalized spacial score (nSPS) is 10.4. The summed E-state index contributed by atoms with van der Waals surface area (Å²) in [7, 11) is 0. The summed E-state index contributed by atoms with van der Waals surface area (Å²) in [6, 6.07) is 9.69. The Morgan fingerprint density at radius 3 is 2.61 bits per heavy atom. The highest BCUT2D eigenvalue weighted by Crippen LogP contribution is 2.15. The van der Waals surface area contributed by atoms with Crippen LogP contribution in [0.15, 0.2) is 30.3 Å². The van der Waals surface area contributed by atoms with E-state index in [1.54, 1.807) is 10.7 Å². The molecule has 18 heavy (non-hydrogen) atoms. The van der Waals surface area contributed by atoms with Crippen molar-refractivity contribution in [3.05, 3.63) is 41.6 Å². The fourth-order valence-electron chi connectivity index (χ4n) is 1.67. The molecular weight excluding hydrogens is 230 g/mol. The number of hydrogen-bond donors (Lipinski definition) is 2. The van der Waals surface area contributed by atoms with Gasteiger partial charge in [-0.15, -0.1) is 5.10 Å². The first-order chi connectivity index (χ1) is 8.60. The maximum atomic E-state index is 11.1. The van der Waals surface area contributed by atoms with Crippen LogP contribution in [0.1, 0.15) is 11.3 Å². The standard InChI is InChI=1S/C13H15N3O2/c1-9-3-5-11(6-4-9)16-10(2)7-12(15-16)14-13(18)8-17/h3-7,17H,8H2,1-2H3,(H,14,15,18). The van der Waals surface area contributed by atoms with Crippen molar-refractivity contribution in [3.8, 4) is 5.69 Å². The Morgan fingerprint density at radius 1 is 1.33 bits per heavy atom. The molecule has 0 saturated carbocycles. The van der Waals surface area contributed by atoms with Crippen molar-refractivity contribution >= 4 is 11.7 Å². The number of benzene rings is 1. The zero-order valence-electron chi connectivity index (χ0n) is 10.3. The molecule has 0 aliphatic heterocycles. The van der Waals surface area contributed by atoms with Gasteiger partial charge in [0.15, 0.2) is 5.82 Å². The summed E-state index contributed by atoms with van der Waals surface area (Å²) in [5, 5.41) is 15.5. The molecule has 2 rings (SSSR count). The summed E-state index contributed by atoms with van der Waals surface area (Å²) in [4.78, 5) is 11.1. The molecule has 1 aromatic carbocycles. The van der Waals surface area contributed by atoms with Gasteiger partial charge in [0, 0.05) is 11.8 Å². The topological polar surface area (TPSA) is 67.2 Å². The molecule has 0 saturated heterocycles. The average Bonchev–Trinajstić information content (AvgIpc) is 2.71. The number of amides is 1. The van der Waals surface area contributed by atoms with Gasteiger partial charge in [0.2, 0.25) is 0 Å². The predicted octanol–water partition coefficient (Wildman–Crippen LogP) is 1.42. The van der Waals surface area contributed by atoms with Crippen LogP contribution in [0, 0.1) is 13.8 Å². The largest absolute Gasteiger partial charge is 0.387 e. The van der Waals surface area contributed by atoms with Crippen LogP contribution in [0.4, 0.5) is 5.82 Å². The lowest BCUT2D eigenvalue weighted by molar-refractivity contribution is -0.118. The quantitative estimate of drug-likeness (QED) is 0.859. The van der Waals surface area contributed by atoms with Gasteiger partial charge in [0.05, 0.1) is 5.69 Å². The Kier molecular flexibility index (Phi) is 3.43. The number of aliphatic hydroxyl groups excluding tert-OH is 1. The number of nitrogens with zero attached hydrogens (tertiary/aromatic N) is 2. The van der Waals surface area contributed by atoms with Gasteiger partial charge in [-0.05, 0) is 26.0 Å². The summed E-state index contributed by atoms with van der Waals surface area (Å²) >= 11 is 0. The third kappa shape index (κ3) is 2.57. The predicted molar refractivity (Wildman–Crippen MR) is 68.8 cm³/mol. The number of rotatable bonds is 3. The maximum absolute atomic E-state index is 11.1. The second-order valence-electron chi connectivity index (χ2n) is 4.12. The molecule has 94 valence electrons. The maximum Gasteiger partial charge on any atom is 0.251 e. The first kappa shape index (κ1) is 12.3.